The lowest BCUT2D eigenvalue weighted by Gasteiger charge is -2.29. The molecular formula is C14H16F2O3. The van der Waals surface area contributed by atoms with Crippen molar-refractivity contribution in [3.63, 3.8) is 0 Å². The van der Waals surface area contributed by atoms with Gasteiger partial charge in [0.1, 0.15) is 6.29 Å². The molecular weight excluding hydrogens is 254 g/mol. The number of carbonyl (C=O) groups excluding carboxylic acids is 1. The summed E-state index contributed by atoms with van der Waals surface area (Å²) in [6.07, 6.45) is 0.847. The zero-order valence-corrected chi connectivity index (χ0v) is 10.7. The standard InChI is InChI=1S/C14H16F2O3/c1-18-13-8-10(9-17)2-3-12(13)19-11-4-6-14(15,16)7-5-11/h2-3,8-9,11H,4-7H2,1H3. The second-order valence-corrected chi connectivity index (χ2v) is 4.70. The highest BCUT2D eigenvalue weighted by Crippen LogP contribution is 2.36. The van der Waals surface area contributed by atoms with Crippen molar-refractivity contribution in [1.82, 2.24) is 0 Å². The quantitative estimate of drug-likeness (QED) is 0.786. The third kappa shape index (κ3) is 3.43. The fraction of sp³-hybridized carbons (Fsp3) is 0.500. The molecule has 1 aromatic carbocycles. The summed E-state index contributed by atoms with van der Waals surface area (Å²) in [6.45, 7) is 0. The molecule has 0 unspecified atom stereocenters. The smallest absolute Gasteiger partial charge is 0.248 e. The summed E-state index contributed by atoms with van der Waals surface area (Å²) < 4.78 is 36.9. The predicted molar refractivity (Wildman–Crippen MR) is 66.2 cm³/mol. The highest BCUT2D eigenvalue weighted by molar-refractivity contribution is 5.76. The minimum absolute atomic E-state index is 0.146. The van der Waals surface area contributed by atoms with Crippen LogP contribution >= 0.6 is 0 Å². The van der Waals surface area contributed by atoms with Crippen molar-refractivity contribution in [2.24, 2.45) is 0 Å². The molecule has 0 amide bonds. The molecule has 1 aromatic rings. The Kier molecular flexibility index (Phi) is 4.02. The van der Waals surface area contributed by atoms with E-state index in [2.05, 4.69) is 0 Å². The molecule has 0 aromatic heterocycles. The van der Waals surface area contributed by atoms with Gasteiger partial charge in [-0.2, -0.15) is 0 Å². The molecule has 19 heavy (non-hydrogen) atoms. The molecule has 2 rings (SSSR count). The van der Waals surface area contributed by atoms with E-state index in [1.807, 2.05) is 0 Å². The van der Waals surface area contributed by atoms with Gasteiger partial charge in [0.2, 0.25) is 5.92 Å². The Morgan fingerprint density at radius 3 is 2.53 bits per heavy atom. The van der Waals surface area contributed by atoms with E-state index in [0.29, 0.717) is 36.2 Å². The van der Waals surface area contributed by atoms with Crippen molar-refractivity contribution in [1.29, 1.82) is 0 Å². The van der Waals surface area contributed by atoms with Gasteiger partial charge in [-0.1, -0.05) is 0 Å². The molecule has 0 spiro atoms. The molecule has 1 fully saturated rings. The average molecular weight is 270 g/mol. The number of alkyl halides is 2. The van der Waals surface area contributed by atoms with Crippen LogP contribution in [-0.4, -0.2) is 25.4 Å². The summed E-state index contributed by atoms with van der Waals surface area (Å²) in [6, 6.07) is 4.82. The Morgan fingerprint density at radius 2 is 1.95 bits per heavy atom. The summed E-state index contributed by atoms with van der Waals surface area (Å²) in [5.74, 6) is -1.63. The topological polar surface area (TPSA) is 35.5 Å². The summed E-state index contributed by atoms with van der Waals surface area (Å²) in [5.41, 5.74) is 0.486. The van der Waals surface area contributed by atoms with Crippen LogP contribution in [0.2, 0.25) is 0 Å². The molecule has 0 bridgehead atoms. The maximum Gasteiger partial charge on any atom is 0.248 e. The zero-order chi connectivity index (χ0) is 13.9. The summed E-state index contributed by atoms with van der Waals surface area (Å²) in [4.78, 5) is 10.7. The summed E-state index contributed by atoms with van der Waals surface area (Å²) in [5, 5.41) is 0. The number of benzene rings is 1. The van der Waals surface area contributed by atoms with Crippen LogP contribution in [0.3, 0.4) is 0 Å². The largest absolute Gasteiger partial charge is 0.493 e. The third-order valence-electron chi connectivity index (χ3n) is 3.28. The fourth-order valence-electron chi connectivity index (χ4n) is 2.17. The lowest BCUT2D eigenvalue weighted by atomic mass is 9.94. The van der Waals surface area contributed by atoms with E-state index < -0.39 is 5.92 Å². The highest BCUT2D eigenvalue weighted by atomic mass is 19.3. The minimum Gasteiger partial charge on any atom is -0.493 e. The Balaban J connectivity index is 2.05. The first-order chi connectivity index (χ1) is 9.04. The highest BCUT2D eigenvalue weighted by Gasteiger charge is 2.35. The zero-order valence-electron chi connectivity index (χ0n) is 10.7. The number of halogens is 2. The predicted octanol–water partition coefficient (Wildman–Crippen LogP) is 3.46. The van der Waals surface area contributed by atoms with Crippen LogP contribution in [0.5, 0.6) is 11.5 Å². The van der Waals surface area contributed by atoms with Crippen molar-refractivity contribution >= 4 is 6.29 Å². The summed E-state index contributed by atoms with van der Waals surface area (Å²) >= 11 is 0. The maximum atomic E-state index is 13.0. The van der Waals surface area contributed by atoms with Gasteiger partial charge in [-0.25, -0.2) is 8.78 Å². The van der Waals surface area contributed by atoms with Gasteiger partial charge < -0.3 is 9.47 Å². The number of ether oxygens (including phenoxy) is 2. The number of rotatable bonds is 4. The molecule has 0 radical (unpaired) electrons. The van der Waals surface area contributed by atoms with Gasteiger partial charge in [-0.3, -0.25) is 4.79 Å². The van der Waals surface area contributed by atoms with Crippen LogP contribution in [-0.2, 0) is 0 Å². The first-order valence-electron chi connectivity index (χ1n) is 6.22. The number of aldehydes is 1. The van der Waals surface area contributed by atoms with Crippen LogP contribution in [0, 0.1) is 0 Å². The van der Waals surface area contributed by atoms with Gasteiger partial charge in [0.05, 0.1) is 13.2 Å². The van der Waals surface area contributed by atoms with Crippen LogP contribution < -0.4 is 9.47 Å². The van der Waals surface area contributed by atoms with Crippen molar-refractivity contribution in [2.45, 2.75) is 37.7 Å². The average Bonchev–Trinajstić information content (AvgIpc) is 2.41. The van der Waals surface area contributed by atoms with Crippen LogP contribution in [0.1, 0.15) is 36.0 Å². The van der Waals surface area contributed by atoms with Gasteiger partial charge in [-0.15, -0.1) is 0 Å². The van der Waals surface area contributed by atoms with Gasteiger partial charge >= 0.3 is 0 Å². The number of hydrogen-bond donors (Lipinski definition) is 0. The Bertz CT molecular complexity index is 450. The third-order valence-corrected chi connectivity index (χ3v) is 3.28. The van der Waals surface area contributed by atoms with Crippen LogP contribution in [0.15, 0.2) is 18.2 Å². The fourth-order valence-corrected chi connectivity index (χ4v) is 2.17. The van der Waals surface area contributed by atoms with Gasteiger partial charge in [0, 0.05) is 18.4 Å². The molecule has 0 atom stereocenters. The Labute approximate surface area is 110 Å². The minimum atomic E-state index is -2.56. The van der Waals surface area contributed by atoms with E-state index in [9.17, 15) is 13.6 Å². The molecule has 1 aliphatic rings. The van der Waals surface area contributed by atoms with Crippen molar-refractivity contribution < 1.29 is 23.0 Å². The first kappa shape index (κ1) is 13.8. The normalized spacial score (nSPS) is 18.9. The molecule has 0 heterocycles. The first-order valence-corrected chi connectivity index (χ1v) is 6.22. The van der Waals surface area contributed by atoms with Crippen LogP contribution in [0.25, 0.3) is 0 Å². The maximum absolute atomic E-state index is 13.0. The molecule has 104 valence electrons. The van der Waals surface area contributed by atoms with E-state index in [1.54, 1.807) is 18.2 Å². The molecule has 0 N–H and O–H groups in total. The van der Waals surface area contributed by atoms with Crippen LogP contribution in [0.4, 0.5) is 8.78 Å². The number of methoxy groups -OCH3 is 1. The van der Waals surface area contributed by atoms with Gasteiger partial charge in [-0.05, 0) is 31.0 Å². The van der Waals surface area contributed by atoms with Gasteiger partial charge in [0.15, 0.2) is 11.5 Å². The van der Waals surface area contributed by atoms with E-state index in [1.165, 1.54) is 7.11 Å². The Hall–Kier alpha value is -1.65. The molecule has 5 heteroatoms. The second-order valence-electron chi connectivity index (χ2n) is 4.70. The molecule has 1 saturated carbocycles. The van der Waals surface area contributed by atoms with E-state index in [0.717, 1.165) is 0 Å². The molecule has 1 aliphatic carbocycles. The number of hydrogen-bond acceptors (Lipinski definition) is 3. The van der Waals surface area contributed by atoms with Crippen molar-refractivity contribution in [3.8, 4) is 11.5 Å². The summed E-state index contributed by atoms with van der Waals surface area (Å²) in [7, 11) is 1.48. The van der Waals surface area contributed by atoms with Gasteiger partial charge in [0.25, 0.3) is 0 Å². The Morgan fingerprint density at radius 1 is 1.26 bits per heavy atom. The van der Waals surface area contributed by atoms with E-state index in [-0.39, 0.29) is 18.9 Å². The lowest BCUT2D eigenvalue weighted by molar-refractivity contribution is -0.0584. The van der Waals surface area contributed by atoms with Crippen molar-refractivity contribution in [3.05, 3.63) is 23.8 Å². The molecule has 3 nitrogen and oxygen atoms in total. The SMILES string of the molecule is COc1cc(C=O)ccc1OC1CCC(F)(F)CC1. The molecule has 0 aliphatic heterocycles. The van der Waals surface area contributed by atoms with E-state index >= 15 is 0 Å². The molecule has 0 saturated heterocycles. The number of carbonyl (C=O) groups is 1. The second kappa shape index (κ2) is 5.55. The monoisotopic (exact) mass is 270 g/mol. The lowest BCUT2D eigenvalue weighted by Crippen LogP contribution is -2.30. The van der Waals surface area contributed by atoms with E-state index in [4.69, 9.17) is 9.47 Å². The van der Waals surface area contributed by atoms with Crippen molar-refractivity contribution in [2.75, 3.05) is 7.11 Å².